The predicted octanol–water partition coefficient (Wildman–Crippen LogP) is 2.48. The van der Waals surface area contributed by atoms with Crippen molar-refractivity contribution in [1.82, 2.24) is 10.2 Å². The van der Waals surface area contributed by atoms with Crippen LogP contribution in [-0.2, 0) is 11.3 Å². The van der Waals surface area contributed by atoms with Gasteiger partial charge in [-0.05, 0) is 43.2 Å². The highest BCUT2D eigenvalue weighted by atomic mass is 16.2. The molecule has 3 aliphatic rings. The van der Waals surface area contributed by atoms with Gasteiger partial charge in [0.05, 0.1) is 0 Å². The molecule has 4 rings (SSSR count). The van der Waals surface area contributed by atoms with Crippen LogP contribution in [0.5, 0.6) is 0 Å². The number of fused-ring (bicyclic) bond motifs is 1. The van der Waals surface area contributed by atoms with Gasteiger partial charge in [0, 0.05) is 18.7 Å². The molecule has 2 amide bonds. The van der Waals surface area contributed by atoms with Gasteiger partial charge in [-0.15, -0.1) is 0 Å². The number of nitrogens with zero attached hydrogens (tertiary/aromatic N) is 1. The van der Waals surface area contributed by atoms with E-state index in [1.165, 1.54) is 12.8 Å². The first-order chi connectivity index (χ1) is 10.7. The first-order valence-corrected chi connectivity index (χ1v) is 8.39. The van der Waals surface area contributed by atoms with E-state index in [9.17, 15) is 9.59 Å². The van der Waals surface area contributed by atoms with E-state index >= 15 is 0 Å². The van der Waals surface area contributed by atoms with Crippen LogP contribution >= 0.6 is 0 Å². The molecule has 1 aromatic carbocycles. The standard InChI is InChI=1S/C18H22N2O2/c21-16-15-6-2-1-5-14(15)12-20(16)18(9-3-4-10-18)17(22)19-11-13-7-8-13/h1-2,5-6,13H,3-4,7-12H2,(H,19,22). The van der Waals surface area contributed by atoms with E-state index in [2.05, 4.69) is 5.32 Å². The number of rotatable bonds is 4. The third-order valence-corrected chi connectivity index (χ3v) is 5.44. The average Bonchev–Trinajstić information content (AvgIpc) is 3.13. The highest BCUT2D eigenvalue weighted by molar-refractivity contribution is 6.02. The summed E-state index contributed by atoms with van der Waals surface area (Å²) in [6.07, 6.45) is 6.09. The van der Waals surface area contributed by atoms with Gasteiger partial charge in [0.15, 0.2) is 0 Å². The summed E-state index contributed by atoms with van der Waals surface area (Å²) >= 11 is 0. The molecule has 0 bridgehead atoms. The molecule has 4 nitrogen and oxygen atoms in total. The number of nitrogens with one attached hydrogen (secondary N) is 1. The Kier molecular flexibility index (Phi) is 3.21. The van der Waals surface area contributed by atoms with E-state index < -0.39 is 5.54 Å². The maximum atomic E-state index is 12.9. The summed E-state index contributed by atoms with van der Waals surface area (Å²) < 4.78 is 0. The summed E-state index contributed by atoms with van der Waals surface area (Å²) in [5, 5.41) is 3.12. The van der Waals surface area contributed by atoms with Crippen LogP contribution in [0.15, 0.2) is 24.3 Å². The van der Waals surface area contributed by atoms with Crippen molar-refractivity contribution in [2.45, 2.75) is 50.6 Å². The molecule has 116 valence electrons. The van der Waals surface area contributed by atoms with E-state index in [0.717, 1.165) is 43.4 Å². The summed E-state index contributed by atoms with van der Waals surface area (Å²) in [5.41, 5.74) is 1.20. The van der Waals surface area contributed by atoms with Crippen molar-refractivity contribution in [2.24, 2.45) is 5.92 Å². The van der Waals surface area contributed by atoms with Crippen LogP contribution < -0.4 is 5.32 Å². The lowest BCUT2D eigenvalue weighted by Crippen LogP contribution is -2.57. The van der Waals surface area contributed by atoms with Crippen molar-refractivity contribution in [3.63, 3.8) is 0 Å². The monoisotopic (exact) mass is 298 g/mol. The van der Waals surface area contributed by atoms with Gasteiger partial charge < -0.3 is 10.2 Å². The van der Waals surface area contributed by atoms with Gasteiger partial charge in [-0.25, -0.2) is 0 Å². The van der Waals surface area contributed by atoms with E-state index in [1.54, 1.807) is 0 Å². The fourth-order valence-electron chi connectivity index (χ4n) is 3.90. The quantitative estimate of drug-likeness (QED) is 0.928. The Morgan fingerprint density at radius 3 is 2.64 bits per heavy atom. The van der Waals surface area contributed by atoms with Crippen LogP contribution in [0.1, 0.15) is 54.4 Å². The van der Waals surface area contributed by atoms with E-state index in [4.69, 9.17) is 0 Å². The predicted molar refractivity (Wildman–Crippen MR) is 83.2 cm³/mol. The molecule has 2 fully saturated rings. The van der Waals surface area contributed by atoms with Crippen molar-refractivity contribution in [1.29, 1.82) is 0 Å². The second kappa shape index (κ2) is 5.11. The lowest BCUT2D eigenvalue weighted by molar-refractivity contribution is -0.132. The summed E-state index contributed by atoms with van der Waals surface area (Å²) in [6.45, 7) is 1.35. The molecule has 0 spiro atoms. The molecule has 2 saturated carbocycles. The maximum absolute atomic E-state index is 12.9. The zero-order valence-corrected chi connectivity index (χ0v) is 12.8. The fraction of sp³-hybridized carbons (Fsp3) is 0.556. The molecule has 22 heavy (non-hydrogen) atoms. The number of benzene rings is 1. The van der Waals surface area contributed by atoms with Crippen LogP contribution in [-0.4, -0.2) is 28.8 Å². The number of carbonyl (C=O) groups is 2. The number of carbonyl (C=O) groups excluding carboxylic acids is 2. The Morgan fingerprint density at radius 1 is 1.23 bits per heavy atom. The van der Waals surface area contributed by atoms with Gasteiger partial charge in [-0.1, -0.05) is 31.0 Å². The Bertz CT molecular complexity index is 615. The first kappa shape index (κ1) is 13.8. The van der Waals surface area contributed by atoms with Crippen molar-refractivity contribution >= 4 is 11.8 Å². The van der Waals surface area contributed by atoms with Crippen LogP contribution in [0.25, 0.3) is 0 Å². The van der Waals surface area contributed by atoms with Gasteiger partial charge >= 0.3 is 0 Å². The Balaban J connectivity index is 1.59. The highest BCUT2D eigenvalue weighted by Crippen LogP contribution is 2.40. The molecule has 4 heteroatoms. The zero-order chi connectivity index (χ0) is 15.2. The highest BCUT2D eigenvalue weighted by Gasteiger charge is 2.50. The third kappa shape index (κ3) is 2.13. The van der Waals surface area contributed by atoms with Gasteiger partial charge in [0.2, 0.25) is 5.91 Å². The van der Waals surface area contributed by atoms with Crippen LogP contribution in [0.2, 0.25) is 0 Å². The number of amides is 2. The largest absolute Gasteiger partial charge is 0.354 e. The molecule has 0 aromatic heterocycles. The fourth-order valence-corrected chi connectivity index (χ4v) is 3.90. The second-order valence-electron chi connectivity index (χ2n) is 6.94. The molecule has 2 aliphatic carbocycles. The van der Waals surface area contributed by atoms with Crippen molar-refractivity contribution in [3.8, 4) is 0 Å². The Labute approximate surface area is 130 Å². The molecule has 1 aliphatic heterocycles. The SMILES string of the molecule is O=C1c2ccccc2CN1C1(C(=O)NCC2CC2)CCCC1. The number of hydrogen-bond acceptors (Lipinski definition) is 2. The summed E-state index contributed by atoms with van der Waals surface area (Å²) in [6, 6.07) is 7.74. The summed E-state index contributed by atoms with van der Waals surface area (Å²) in [7, 11) is 0. The van der Waals surface area contributed by atoms with Gasteiger partial charge in [-0.3, -0.25) is 9.59 Å². The molecule has 0 saturated heterocycles. The molecular weight excluding hydrogens is 276 g/mol. The van der Waals surface area contributed by atoms with E-state index in [0.29, 0.717) is 12.5 Å². The molecule has 1 heterocycles. The molecule has 0 atom stereocenters. The van der Waals surface area contributed by atoms with Crippen LogP contribution in [0.3, 0.4) is 0 Å². The van der Waals surface area contributed by atoms with Crippen molar-refractivity contribution < 1.29 is 9.59 Å². The molecule has 1 aromatic rings. The minimum atomic E-state index is -0.620. The summed E-state index contributed by atoms with van der Waals surface area (Å²) in [4.78, 5) is 27.5. The molecule has 0 unspecified atom stereocenters. The normalized spacial score (nSPS) is 22.7. The van der Waals surface area contributed by atoms with Crippen LogP contribution in [0, 0.1) is 5.92 Å². The first-order valence-electron chi connectivity index (χ1n) is 8.39. The molecular formula is C18H22N2O2. The Hall–Kier alpha value is -1.84. The smallest absolute Gasteiger partial charge is 0.255 e. The Morgan fingerprint density at radius 2 is 1.95 bits per heavy atom. The number of hydrogen-bond donors (Lipinski definition) is 1. The average molecular weight is 298 g/mol. The van der Waals surface area contributed by atoms with E-state index in [-0.39, 0.29) is 11.8 Å². The van der Waals surface area contributed by atoms with Gasteiger partial charge in [0.1, 0.15) is 5.54 Å². The van der Waals surface area contributed by atoms with E-state index in [1.807, 2.05) is 29.2 Å². The lowest BCUT2D eigenvalue weighted by atomic mass is 9.93. The lowest BCUT2D eigenvalue weighted by Gasteiger charge is -2.37. The second-order valence-corrected chi connectivity index (χ2v) is 6.94. The van der Waals surface area contributed by atoms with Crippen molar-refractivity contribution in [3.05, 3.63) is 35.4 Å². The van der Waals surface area contributed by atoms with Gasteiger partial charge in [0.25, 0.3) is 5.91 Å². The molecule has 1 N–H and O–H groups in total. The minimum Gasteiger partial charge on any atom is -0.354 e. The minimum absolute atomic E-state index is 0.0269. The third-order valence-electron chi connectivity index (χ3n) is 5.44. The van der Waals surface area contributed by atoms with Crippen molar-refractivity contribution in [2.75, 3.05) is 6.54 Å². The zero-order valence-electron chi connectivity index (χ0n) is 12.8. The van der Waals surface area contributed by atoms with Gasteiger partial charge in [-0.2, -0.15) is 0 Å². The topological polar surface area (TPSA) is 49.4 Å². The molecule has 0 radical (unpaired) electrons. The maximum Gasteiger partial charge on any atom is 0.255 e. The van der Waals surface area contributed by atoms with Crippen LogP contribution in [0.4, 0.5) is 0 Å². The summed E-state index contributed by atoms with van der Waals surface area (Å²) in [5.74, 6) is 0.756.